The lowest BCUT2D eigenvalue weighted by atomic mass is 10.00. The Morgan fingerprint density at radius 2 is 1.44 bits per heavy atom. The fourth-order valence-corrected chi connectivity index (χ4v) is 4.91. The zero-order valence-electron chi connectivity index (χ0n) is 19.8. The number of aromatic nitrogens is 1. The van der Waals surface area contributed by atoms with Crippen LogP contribution in [0, 0.1) is 0 Å². The van der Waals surface area contributed by atoms with Crippen LogP contribution in [0.3, 0.4) is 0 Å². The van der Waals surface area contributed by atoms with E-state index >= 15 is 0 Å². The molecule has 0 bridgehead atoms. The average Bonchev–Trinajstić information content (AvgIpc) is 3.05. The van der Waals surface area contributed by atoms with Crippen molar-refractivity contribution in [2.24, 2.45) is 4.99 Å². The number of rotatable bonds is 5. The molecule has 1 atom stereocenters. The second-order valence-electron chi connectivity index (χ2n) is 8.98. The van der Waals surface area contributed by atoms with Crippen LogP contribution in [0.25, 0.3) is 10.9 Å². The number of aliphatic imine (C=N–C) groups is 1. The van der Waals surface area contributed by atoms with Crippen LogP contribution < -0.4 is 4.90 Å². The lowest BCUT2D eigenvalue weighted by molar-refractivity contribution is -0.119. The monoisotopic (exact) mass is 467 g/mol. The van der Waals surface area contributed by atoms with Gasteiger partial charge in [-0.25, -0.2) is 0 Å². The normalized spacial score (nSPS) is 15.3. The van der Waals surface area contributed by atoms with Gasteiger partial charge >= 0.3 is 0 Å². The molecule has 0 radical (unpaired) electrons. The molecule has 4 heteroatoms. The summed E-state index contributed by atoms with van der Waals surface area (Å²) in [5.41, 5.74) is 6.69. The number of pyridine rings is 1. The van der Waals surface area contributed by atoms with Gasteiger partial charge in [0.15, 0.2) is 0 Å². The third-order valence-corrected chi connectivity index (χ3v) is 6.65. The lowest BCUT2D eigenvalue weighted by Gasteiger charge is -2.26. The van der Waals surface area contributed by atoms with E-state index in [0.29, 0.717) is 13.0 Å². The van der Waals surface area contributed by atoms with Crippen LogP contribution in [0.15, 0.2) is 126 Å². The number of fused-ring (bicyclic) bond motifs is 2. The van der Waals surface area contributed by atoms with Gasteiger partial charge in [0.2, 0.25) is 0 Å². The quantitative estimate of drug-likeness (QED) is 0.308. The molecule has 0 saturated carbocycles. The van der Waals surface area contributed by atoms with Crippen molar-refractivity contribution in [2.45, 2.75) is 19.0 Å². The van der Waals surface area contributed by atoms with Crippen molar-refractivity contribution in [3.63, 3.8) is 0 Å². The number of nitrogens with zero attached hydrogens (tertiary/aromatic N) is 3. The Hall–Kier alpha value is -4.57. The standard InChI is InChI=1S/C32H25N3O/c36-32-28(21-23-11-3-1-4-12-23)34-31(25-13-5-2-6-14-25)27-18-7-8-19-29(27)35(32)22-26-16-9-15-24-17-10-20-33-30(24)26/h1-20,28H,21-22H2/t28-/m0/s1. The molecular formula is C32H25N3O. The molecule has 36 heavy (non-hydrogen) atoms. The number of carbonyl (C=O) groups is 1. The third kappa shape index (κ3) is 4.18. The number of anilines is 1. The van der Waals surface area contributed by atoms with Gasteiger partial charge in [0, 0.05) is 29.1 Å². The lowest BCUT2D eigenvalue weighted by Crippen LogP contribution is -2.38. The highest BCUT2D eigenvalue weighted by Gasteiger charge is 2.32. The first kappa shape index (κ1) is 21.9. The van der Waals surface area contributed by atoms with Gasteiger partial charge in [0.1, 0.15) is 6.04 Å². The Morgan fingerprint density at radius 1 is 0.722 bits per heavy atom. The summed E-state index contributed by atoms with van der Waals surface area (Å²) in [6, 6.07) is 37.9. The Labute approximate surface area is 210 Å². The van der Waals surface area contributed by atoms with E-state index in [4.69, 9.17) is 4.99 Å². The average molecular weight is 468 g/mol. The van der Waals surface area contributed by atoms with Crippen LogP contribution in [-0.4, -0.2) is 22.6 Å². The van der Waals surface area contributed by atoms with Crippen LogP contribution in [0.4, 0.5) is 5.69 Å². The van der Waals surface area contributed by atoms with E-state index in [0.717, 1.165) is 44.6 Å². The Bertz CT molecular complexity index is 1560. The van der Waals surface area contributed by atoms with E-state index in [9.17, 15) is 4.79 Å². The van der Waals surface area contributed by atoms with Gasteiger partial charge in [-0.05, 0) is 23.3 Å². The molecule has 0 spiro atoms. The first-order valence-corrected chi connectivity index (χ1v) is 12.2. The summed E-state index contributed by atoms with van der Waals surface area (Å²) < 4.78 is 0. The Morgan fingerprint density at radius 3 is 2.28 bits per heavy atom. The minimum atomic E-state index is -0.544. The number of benzodiazepines with no additional fused rings is 1. The van der Waals surface area contributed by atoms with E-state index in [-0.39, 0.29) is 5.91 Å². The van der Waals surface area contributed by atoms with Crippen molar-refractivity contribution in [1.82, 2.24) is 4.98 Å². The first-order chi connectivity index (χ1) is 17.8. The van der Waals surface area contributed by atoms with Gasteiger partial charge in [-0.1, -0.05) is 103 Å². The van der Waals surface area contributed by atoms with Crippen molar-refractivity contribution in [3.05, 3.63) is 144 Å². The van der Waals surface area contributed by atoms with E-state index in [1.807, 2.05) is 71.6 Å². The topological polar surface area (TPSA) is 45.6 Å². The minimum absolute atomic E-state index is 0.00910. The number of hydrogen-bond donors (Lipinski definition) is 0. The molecule has 174 valence electrons. The molecule has 1 aromatic heterocycles. The molecule has 0 aliphatic carbocycles. The minimum Gasteiger partial charge on any atom is -0.305 e. The number of benzene rings is 4. The second-order valence-corrected chi connectivity index (χ2v) is 8.98. The van der Waals surface area contributed by atoms with Gasteiger partial charge in [-0.2, -0.15) is 0 Å². The molecule has 4 nitrogen and oxygen atoms in total. The van der Waals surface area contributed by atoms with E-state index in [1.54, 1.807) is 6.20 Å². The molecule has 1 aliphatic rings. The molecule has 0 N–H and O–H groups in total. The summed E-state index contributed by atoms with van der Waals surface area (Å²) in [6.07, 6.45) is 2.34. The molecule has 5 aromatic rings. The van der Waals surface area contributed by atoms with Crippen molar-refractivity contribution in [1.29, 1.82) is 0 Å². The SMILES string of the molecule is O=C1[C@H](Cc2ccccc2)N=C(c2ccccc2)c2ccccc2N1Cc1cccc2cccnc12. The molecule has 0 fully saturated rings. The number of amides is 1. The van der Waals surface area contributed by atoms with Crippen LogP contribution >= 0.6 is 0 Å². The van der Waals surface area contributed by atoms with Gasteiger partial charge < -0.3 is 4.90 Å². The maximum atomic E-state index is 14.2. The molecule has 6 rings (SSSR count). The zero-order chi connectivity index (χ0) is 24.3. The van der Waals surface area contributed by atoms with Crippen LogP contribution in [0.2, 0.25) is 0 Å². The fraction of sp³-hybridized carbons (Fsp3) is 0.0938. The Balaban J connectivity index is 1.50. The highest BCUT2D eigenvalue weighted by Crippen LogP contribution is 2.31. The second kappa shape index (κ2) is 9.59. The van der Waals surface area contributed by atoms with Gasteiger partial charge in [0.25, 0.3) is 5.91 Å². The highest BCUT2D eigenvalue weighted by molar-refractivity contribution is 6.20. The fourth-order valence-electron chi connectivity index (χ4n) is 4.91. The van der Waals surface area contributed by atoms with Crippen LogP contribution in [0.5, 0.6) is 0 Å². The predicted octanol–water partition coefficient (Wildman–Crippen LogP) is 6.23. The zero-order valence-corrected chi connectivity index (χ0v) is 19.8. The molecule has 0 unspecified atom stereocenters. The summed E-state index contributed by atoms with van der Waals surface area (Å²) in [7, 11) is 0. The van der Waals surface area contributed by atoms with Crippen molar-refractivity contribution in [3.8, 4) is 0 Å². The molecule has 0 saturated heterocycles. The largest absolute Gasteiger partial charge is 0.305 e. The third-order valence-electron chi connectivity index (χ3n) is 6.65. The van der Waals surface area contributed by atoms with Gasteiger partial charge in [-0.15, -0.1) is 0 Å². The van der Waals surface area contributed by atoms with Crippen molar-refractivity contribution >= 4 is 28.2 Å². The summed E-state index contributed by atoms with van der Waals surface area (Å²) in [4.78, 5) is 25.9. The van der Waals surface area contributed by atoms with Crippen LogP contribution in [0.1, 0.15) is 22.3 Å². The summed E-state index contributed by atoms with van der Waals surface area (Å²) in [5, 5.41) is 1.06. The Kier molecular flexibility index (Phi) is 5.84. The van der Waals surface area contributed by atoms with Crippen LogP contribution in [-0.2, 0) is 17.8 Å². The molecule has 4 aromatic carbocycles. The molecular weight excluding hydrogens is 442 g/mol. The van der Waals surface area contributed by atoms with Gasteiger partial charge in [-0.3, -0.25) is 14.8 Å². The number of para-hydroxylation sites is 2. The maximum absolute atomic E-state index is 14.2. The van der Waals surface area contributed by atoms with Gasteiger partial charge in [0.05, 0.1) is 23.5 Å². The maximum Gasteiger partial charge on any atom is 0.252 e. The van der Waals surface area contributed by atoms with E-state index in [2.05, 4.69) is 53.5 Å². The molecule has 2 heterocycles. The van der Waals surface area contributed by atoms with Crippen molar-refractivity contribution < 1.29 is 4.79 Å². The van der Waals surface area contributed by atoms with Crippen molar-refractivity contribution in [2.75, 3.05) is 4.90 Å². The van der Waals surface area contributed by atoms with E-state index in [1.165, 1.54) is 0 Å². The molecule has 1 aliphatic heterocycles. The number of carbonyl (C=O) groups excluding carboxylic acids is 1. The highest BCUT2D eigenvalue weighted by atomic mass is 16.2. The first-order valence-electron chi connectivity index (χ1n) is 12.2. The van der Waals surface area contributed by atoms with E-state index < -0.39 is 6.04 Å². The number of hydrogen-bond acceptors (Lipinski definition) is 3. The summed E-state index contributed by atoms with van der Waals surface area (Å²) >= 11 is 0. The smallest absolute Gasteiger partial charge is 0.252 e. The predicted molar refractivity (Wildman–Crippen MR) is 145 cm³/mol. The summed E-state index contributed by atoms with van der Waals surface area (Å²) in [5.74, 6) is -0.00910. The summed E-state index contributed by atoms with van der Waals surface area (Å²) in [6.45, 7) is 0.424. The molecule has 1 amide bonds.